The summed E-state index contributed by atoms with van der Waals surface area (Å²) in [6, 6.07) is 9.93. The third-order valence-corrected chi connectivity index (χ3v) is 5.52. The first-order chi connectivity index (χ1) is 11.3. The number of halogens is 2. The predicted molar refractivity (Wildman–Crippen MR) is 90.5 cm³/mol. The maximum atomic E-state index is 13.6. The minimum absolute atomic E-state index is 0.0492. The number of ether oxygens (including phenoxy) is 1. The van der Waals surface area contributed by atoms with Gasteiger partial charge in [-0.05, 0) is 47.1 Å². The van der Waals surface area contributed by atoms with E-state index < -0.39 is 21.8 Å². The number of hydrogen-bond donors (Lipinski definition) is 1. The maximum Gasteiger partial charge on any atom is 0.338 e. The first-order valence-corrected chi connectivity index (χ1v) is 9.32. The lowest BCUT2D eigenvalue weighted by Gasteiger charge is -2.10. The lowest BCUT2D eigenvalue weighted by atomic mass is 10.2. The molecule has 2 rings (SSSR count). The van der Waals surface area contributed by atoms with Gasteiger partial charge in [0, 0.05) is 16.6 Å². The topological polar surface area (TPSA) is 72.5 Å². The van der Waals surface area contributed by atoms with Crippen LogP contribution in [0.2, 0.25) is 0 Å². The molecule has 0 amide bonds. The van der Waals surface area contributed by atoms with Crippen LogP contribution in [0, 0.1) is 5.82 Å². The second-order valence-electron chi connectivity index (χ2n) is 4.78. The molecule has 2 aromatic carbocycles. The number of sulfonamides is 1. The first kappa shape index (κ1) is 18.6. The summed E-state index contributed by atoms with van der Waals surface area (Å²) >= 11 is 3.14. The molecule has 0 radical (unpaired) electrons. The molecule has 0 aliphatic rings. The van der Waals surface area contributed by atoms with E-state index in [-0.39, 0.29) is 33.6 Å². The van der Waals surface area contributed by atoms with Gasteiger partial charge in [-0.15, -0.1) is 0 Å². The Hall–Kier alpha value is -1.77. The van der Waals surface area contributed by atoms with Gasteiger partial charge in [0.1, 0.15) is 5.82 Å². The second kappa shape index (κ2) is 7.87. The third-order valence-electron chi connectivity index (χ3n) is 3.14. The summed E-state index contributed by atoms with van der Waals surface area (Å²) in [6.45, 7) is 1.72. The van der Waals surface area contributed by atoms with E-state index >= 15 is 0 Å². The van der Waals surface area contributed by atoms with Gasteiger partial charge < -0.3 is 4.74 Å². The summed E-state index contributed by atoms with van der Waals surface area (Å²) in [5.74, 6) is -1.03. The van der Waals surface area contributed by atoms with Crippen molar-refractivity contribution in [3.63, 3.8) is 0 Å². The number of carbonyl (C=O) groups excluding carboxylic acids is 1. The Morgan fingerprint density at radius 2 is 1.96 bits per heavy atom. The van der Waals surface area contributed by atoms with E-state index in [9.17, 15) is 17.6 Å². The first-order valence-electron chi connectivity index (χ1n) is 7.05. The van der Waals surface area contributed by atoms with Crippen LogP contribution >= 0.6 is 15.9 Å². The number of carbonyl (C=O) groups is 1. The van der Waals surface area contributed by atoms with Crippen LogP contribution in [0.1, 0.15) is 22.8 Å². The van der Waals surface area contributed by atoms with Crippen LogP contribution in [-0.2, 0) is 21.3 Å². The Bertz CT molecular complexity index is 855. The molecule has 0 fully saturated rings. The minimum atomic E-state index is -3.88. The molecular weight excluding hydrogens is 401 g/mol. The average molecular weight is 416 g/mol. The molecule has 0 unspecified atom stereocenters. The average Bonchev–Trinajstić information content (AvgIpc) is 2.54. The Labute approximate surface area is 148 Å². The molecule has 0 bridgehead atoms. The molecule has 0 spiro atoms. The van der Waals surface area contributed by atoms with Crippen LogP contribution in [0.3, 0.4) is 0 Å². The van der Waals surface area contributed by atoms with Gasteiger partial charge in [0.25, 0.3) is 0 Å². The summed E-state index contributed by atoms with van der Waals surface area (Å²) in [7, 11) is -3.88. The Morgan fingerprint density at radius 1 is 1.25 bits per heavy atom. The lowest BCUT2D eigenvalue weighted by Crippen LogP contribution is -2.24. The molecule has 0 aromatic heterocycles. The number of esters is 1. The van der Waals surface area contributed by atoms with E-state index in [0.29, 0.717) is 0 Å². The zero-order valence-electron chi connectivity index (χ0n) is 12.8. The van der Waals surface area contributed by atoms with Gasteiger partial charge >= 0.3 is 5.97 Å². The van der Waals surface area contributed by atoms with Crippen LogP contribution in [0.15, 0.2) is 51.8 Å². The maximum absolute atomic E-state index is 13.6. The Morgan fingerprint density at radius 3 is 2.58 bits per heavy atom. The number of nitrogens with one attached hydrogen (secondary N) is 1. The van der Waals surface area contributed by atoms with E-state index in [0.717, 1.165) is 0 Å². The SMILES string of the molecule is CCOC(=O)c1ccc(S(=O)(=O)NCc2ccccc2F)c(Br)c1. The predicted octanol–water partition coefficient (Wildman–Crippen LogP) is 3.24. The molecule has 2 aromatic rings. The summed E-state index contributed by atoms with van der Waals surface area (Å²) in [4.78, 5) is 11.6. The molecule has 0 heterocycles. The zero-order valence-corrected chi connectivity index (χ0v) is 15.2. The Balaban J connectivity index is 2.20. The van der Waals surface area contributed by atoms with Gasteiger partial charge in [-0.2, -0.15) is 0 Å². The second-order valence-corrected chi connectivity index (χ2v) is 7.37. The molecule has 0 atom stereocenters. The zero-order chi connectivity index (χ0) is 17.7. The molecule has 0 aliphatic heterocycles. The van der Waals surface area contributed by atoms with Crippen LogP contribution in [0.5, 0.6) is 0 Å². The van der Waals surface area contributed by atoms with E-state index in [1.54, 1.807) is 13.0 Å². The molecule has 8 heteroatoms. The number of rotatable bonds is 6. The van der Waals surface area contributed by atoms with E-state index in [4.69, 9.17) is 4.74 Å². The minimum Gasteiger partial charge on any atom is -0.462 e. The number of benzene rings is 2. The number of hydrogen-bond acceptors (Lipinski definition) is 4. The highest BCUT2D eigenvalue weighted by atomic mass is 79.9. The highest BCUT2D eigenvalue weighted by molar-refractivity contribution is 9.10. The molecule has 128 valence electrons. The van der Waals surface area contributed by atoms with Crippen molar-refractivity contribution in [1.82, 2.24) is 4.72 Å². The summed E-state index contributed by atoms with van der Waals surface area (Å²) in [5, 5.41) is 0. The fourth-order valence-electron chi connectivity index (χ4n) is 1.95. The molecule has 1 N–H and O–H groups in total. The van der Waals surface area contributed by atoms with Crippen LogP contribution in [0.25, 0.3) is 0 Å². The van der Waals surface area contributed by atoms with Gasteiger partial charge in [-0.3, -0.25) is 0 Å². The van der Waals surface area contributed by atoms with Gasteiger partial charge in [-0.25, -0.2) is 22.3 Å². The Kier molecular flexibility index (Phi) is 6.09. The van der Waals surface area contributed by atoms with Crippen molar-refractivity contribution in [2.24, 2.45) is 0 Å². The standard InChI is InChI=1S/C16H15BrFNO4S/c1-2-23-16(20)11-7-8-15(13(17)9-11)24(21,22)19-10-12-5-3-4-6-14(12)18/h3-9,19H,2,10H2,1H3. The van der Waals surface area contributed by atoms with Gasteiger partial charge in [-0.1, -0.05) is 18.2 Å². The van der Waals surface area contributed by atoms with Crippen molar-refractivity contribution < 1.29 is 22.3 Å². The van der Waals surface area contributed by atoms with Gasteiger partial charge in [0.15, 0.2) is 0 Å². The van der Waals surface area contributed by atoms with Crippen molar-refractivity contribution in [3.8, 4) is 0 Å². The van der Waals surface area contributed by atoms with Gasteiger partial charge in [0.2, 0.25) is 10.0 Å². The van der Waals surface area contributed by atoms with Gasteiger partial charge in [0.05, 0.1) is 17.1 Å². The molecule has 5 nitrogen and oxygen atoms in total. The highest BCUT2D eigenvalue weighted by Gasteiger charge is 2.19. The molecule has 0 saturated heterocycles. The largest absolute Gasteiger partial charge is 0.462 e. The summed E-state index contributed by atoms with van der Waals surface area (Å²) in [6.07, 6.45) is 0. The molecule has 0 saturated carbocycles. The van der Waals surface area contributed by atoms with E-state index in [1.165, 1.54) is 36.4 Å². The van der Waals surface area contributed by atoms with Crippen molar-refractivity contribution in [2.75, 3.05) is 6.61 Å². The smallest absolute Gasteiger partial charge is 0.338 e. The fourth-order valence-corrected chi connectivity index (χ4v) is 4.03. The summed E-state index contributed by atoms with van der Waals surface area (Å²) < 4.78 is 45.7. The molecule has 0 aliphatic carbocycles. The quantitative estimate of drug-likeness (QED) is 0.734. The molecule has 24 heavy (non-hydrogen) atoms. The van der Waals surface area contributed by atoms with Crippen LogP contribution in [0.4, 0.5) is 4.39 Å². The third kappa shape index (κ3) is 4.40. The van der Waals surface area contributed by atoms with Crippen molar-refractivity contribution in [3.05, 3.63) is 63.9 Å². The van der Waals surface area contributed by atoms with Crippen molar-refractivity contribution >= 4 is 31.9 Å². The monoisotopic (exact) mass is 415 g/mol. The highest BCUT2D eigenvalue weighted by Crippen LogP contribution is 2.24. The molecular formula is C16H15BrFNO4S. The van der Waals surface area contributed by atoms with Crippen LogP contribution in [-0.4, -0.2) is 21.0 Å². The van der Waals surface area contributed by atoms with Crippen molar-refractivity contribution in [1.29, 1.82) is 0 Å². The van der Waals surface area contributed by atoms with Crippen molar-refractivity contribution in [2.45, 2.75) is 18.4 Å². The van der Waals surface area contributed by atoms with E-state index in [2.05, 4.69) is 20.7 Å². The van der Waals surface area contributed by atoms with Crippen LogP contribution < -0.4 is 4.72 Å². The fraction of sp³-hybridized carbons (Fsp3) is 0.188. The summed E-state index contributed by atoms with van der Waals surface area (Å²) in [5.41, 5.74) is 0.470. The van der Waals surface area contributed by atoms with E-state index in [1.807, 2.05) is 0 Å². The normalized spacial score (nSPS) is 11.3. The lowest BCUT2D eigenvalue weighted by molar-refractivity contribution is 0.0526.